The van der Waals surface area contributed by atoms with E-state index in [-0.39, 0.29) is 4.90 Å². The summed E-state index contributed by atoms with van der Waals surface area (Å²) in [5.41, 5.74) is 0.726. The number of hydrogen-bond donors (Lipinski definition) is 1. The van der Waals surface area contributed by atoms with Crippen LogP contribution in [0, 0.1) is 5.82 Å². The summed E-state index contributed by atoms with van der Waals surface area (Å²) in [5.74, 6) is 0.0321. The first-order valence-electron chi connectivity index (χ1n) is 6.93. The van der Waals surface area contributed by atoms with Crippen LogP contribution in [-0.2, 0) is 10.0 Å². The van der Waals surface area contributed by atoms with Crippen molar-refractivity contribution in [3.05, 3.63) is 59.9 Å². The van der Waals surface area contributed by atoms with Crippen LogP contribution in [0.3, 0.4) is 0 Å². The molecule has 4 nitrogen and oxygen atoms in total. The largest absolute Gasteiger partial charge is 0.494 e. The van der Waals surface area contributed by atoms with E-state index in [1.165, 1.54) is 18.2 Å². The molecule has 0 aliphatic heterocycles. The maximum absolute atomic E-state index is 13.2. The van der Waals surface area contributed by atoms with Gasteiger partial charge in [0, 0.05) is 11.6 Å². The van der Waals surface area contributed by atoms with Gasteiger partial charge in [0.2, 0.25) is 10.0 Å². The van der Waals surface area contributed by atoms with Crippen LogP contribution >= 0.6 is 0 Å². The lowest BCUT2D eigenvalue weighted by molar-refractivity contribution is 0.334. The molecule has 1 atom stereocenters. The van der Waals surface area contributed by atoms with E-state index in [1.807, 2.05) is 19.1 Å². The molecule has 1 N–H and O–H groups in total. The molecule has 0 bridgehead atoms. The maximum atomic E-state index is 13.2. The Balaban J connectivity index is 2.26. The number of sulfonamides is 1. The van der Waals surface area contributed by atoms with Gasteiger partial charge >= 0.3 is 0 Å². The van der Waals surface area contributed by atoms with E-state index in [0.717, 1.165) is 11.6 Å². The fraction of sp³-hybridized carbons (Fsp3) is 0.250. The van der Waals surface area contributed by atoms with Gasteiger partial charge in [-0.2, -0.15) is 0 Å². The predicted octanol–water partition coefficient (Wildman–Crippen LogP) is 3.26. The molecule has 2 aromatic rings. The van der Waals surface area contributed by atoms with E-state index in [4.69, 9.17) is 4.74 Å². The summed E-state index contributed by atoms with van der Waals surface area (Å²) in [5, 5.41) is 0. The summed E-state index contributed by atoms with van der Waals surface area (Å²) in [7, 11) is -3.81. The molecule has 0 amide bonds. The zero-order chi connectivity index (χ0) is 16.2. The van der Waals surface area contributed by atoms with Gasteiger partial charge < -0.3 is 4.74 Å². The SMILES string of the molecule is CCOc1ccccc1[C@@H](C)NS(=O)(=O)c1cccc(F)c1. The Morgan fingerprint density at radius 2 is 1.91 bits per heavy atom. The third-order valence-electron chi connectivity index (χ3n) is 3.12. The van der Waals surface area contributed by atoms with Crippen LogP contribution in [0.2, 0.25) is 0 Å². The quantitative estimate of drug-likeness (QED) is 0.888. The van der Waals surface area contributed by atoms with Crippen molar-refractivity contribution in [3.63, 3.8) is 0 Å². The lowest BCUT2D eigenvalue weighted by Crippen LogP contribution is -2.27. The molecule has 2 rings (SSSR count). The molecule has 0 fully saturated rings. The van der Waals surface area contributed by atoms with Gasteiger partial charge in [-0.3, -0.25) is 0 Å². The van der Waals surface area contributed by atoms with E-state index >= 15 is 0 Å². The standard InChI is InChI=1S/C16H18FNO3S/c1-3-21-16-10-5-4-9-15(16)12(2)18-22(19,20)14-8-6-7-13(17)11-14/h4-12,18H,3H2,1-2H3/t12-/m1/s1. The first kappa shape index (κ1) is 16.5. The average molecular weight is 323 g/mol. The summed E-state index contributed by atoms with van der Waals surface area (Å²) in [6.45, 7) is 4.06. The molecular weight excluding hydrogens is 305 g/mol. The van der Waals surface area contributed by atoms with Crippen molar-refractivity contribution in [2.45, 2.75) is 24.8 Å². The smallest absolute Gasteiger partial charge is 0.241 e. The van der Waals surface area contributed by atoms with Crippen LogP contribution in [-0.4, -0.2) is 15.0 Å². The molecule has 0 aliphatic rings. The predicted molar refractivity (Wildman–Crippen MR) is 82.7 cm³/mol. The minimum Gasteiger partial charge on any atom is -0.494 e. The van der Waals surface area contributed by atoms with E-state index in [1.54, 1.807) is 19.1 Å². The Morgan fingerprint density at radius 1 is 1.18 bits per heavy atom. The molecule has 0 spiro atoms. The molecule has 0 radical (unpaired) electrons. The fourth-order valence-electron chi connectivity index (χ4n) is 2.12. The van der Waals surface area contributed by atoms with Gasteiger partial charge in [0.05, 0.1) is 11.5 Å². The number of hydrogen-bond acceptors (Lipinski definition) is 3. The molecule has 22 heavy (non-hydrogen) atoms. The number of rotatable bonds is 6. The molecule has 0 aromatic heterocycles. The highest BCUT2D eigenvalue weighted by atomic mass is 32.2. The van der Waals surface area contributed by atoms with Crippen molar-refractivity contribution in [2.24, 2.45) is 0 Å². The molecule has 6 heteroatoms. The van der Waals surface area contributed by atoms with Gasteiger partial charge in [0.15, 0.2) is 0 Å². The fourth-order valence-corrected chi connectivity index (χ4v) is 3.38. The van der Waals surface area contributed by atoms with Crippen LogP contribution in [0.4, 0.5) is 4.39 Å². The van der Waals surface area contributed by atoms with Crippen LogP contribution in [0.5, 0.6) is 5.75 Å². The van der Waals surface area contributed by atoms with Crippen molar-refractivity contribution >= 4 is 10.0 Å². The average Bonchev–Trinajstić information content (AvgIpc) is 2.47. The van der Waals surface area contributed by atoms with E-state index in [9.17, 15) is 12.8 Å². The van der Waals surface area contributed by atoms with Gasteiger partial charge in [-0.05, 0) is 38.1 Å². The Morgan fingerprint density at radius 3 is 2.59 bits per heavy atom. The van der Waals surface area contributed by atoms with Crippen molar-refractivity contribution in [1.82, 2.24) is 4.72 Å². The molecule has 0 aliphatic carbocycles. The third-order valence-corrected chi connectivity index (χ3v) is 4.66. The van der Waals surface area contributed by atoms with Crippen LogP contribution in [0.1, 0.15) is 25.5 Å². The Hall–Kier alpha value is -1.92. The highest BCUT2D eigenvalue weighted by Gasteiger charge is 2.20. The summed E-state index contributed by atoms with van der Waals surface area (Å²) >= 11 is 0. The highest BCUT2D eigenvalue weighted by molar-refractivity contribution is 7.89. The monoisotopic (exact) mass is 323 g/mol. The Labute approximate surface area is 130 Å². The van der Waals surface area contributed by atoms with Crippen molar-refractivity contribution in [3.8, 4) is 5.75 Å². The normalized spacial score (nSPS) is 12.9. The zero-order valence-corrected chi connectivity index (χ0v) is 13.2. The number of ether oxygens (including phenoxy) is 1. The second kappa shape index (κ2) is 6.89. The van der Waals surface area contributed by atoms with Gasteiger partial charge in [0.1, 0.15) is 11.6 Å². The Bertz CT molecular complexity index is 747. The van der Waals surface area contributed by atoms with Crippen molar-refractivity contribution in [1.29, 1.82) is 0 Å². The molecule has 2 aromatic carbocycles. The maximum Gasteiger partial charge on any atom is 0.241 e. The van der Waals surface area contributed by atoms with E-state index in [0.29, 0.717) is 12.4 Å². The minimum atomic E-state index is -3.81. The molecule has 0 unspecified atom stereocenters. The second-order valence-electron chi connectivity index (χ2n) is 4.77. The zero-order valence-electron chi connectivity index (χ0n) is 12.4. The minimum absolute atomic E-state index is 0.103. The van der Waals surface area contributed by atoms with Crippen LogP contribution < -0.4 is 9.46 Å². The first-order chi connectivity index (χ1) is 10.4. The van der Waals surface area contributed by atoms with Crippen molar-refractivity contribution in [2.75, 3.05) is 6.61 Å². The third kappa shape index (κ3) is 3.84. The van der Waals surface area contributed by atoms with Crippen molar-refractivity contribution < 1.29 is 17.5 Å². The first-order valence-corrected chi connectivity index (χ1v) is 8.42. The number of para-hydroxylation sites is 1. The summed E-state index contributed by atoms with van der Waals surface area (Å²) in [6, 6.07) is 11.6. The van der Waals surface area contributed by atoms with Gasteiger partial charge in [-0.15, -0.1) is 0 Å². The van der Waals surface area contributed by atoms with Crippen LogP contribution in [0.25, 0.3) is 0 Å². The van der Waals surface area contributed by atoms with Gasteiger partial charge in [0.25, 0.3) is 0 Å². The van der Waals surface area contributed by atoms with Gasteiger partial charge in [-0.25, -0.2) is 17.5 Å². The number of benzene rings is 2. The molecule has 118 valence electrons. The molecule has 0 heterocycles. The highest BCUT2D eigenvalue weighted by Crippen LogP contribution is 2.26. The Kier molecular flexibility index (Phi) is 5.15. The molecule has 0 saturated heterocycles. The van der Waals surface area contributed by atoms with Crippen LogP contribution in [0.15, 0.2) is 53.4 Å². The van der Waals surface area contributed by atoms with Gasteiger partial charge in [-0.1, -0.05) is 24.3 Å². The topological polar surface area (TPSA) is 55.4 Å². The number of nitrogens with one attached hydrogen (secondary N) is 1. The summed E-state index contributed by atoms with van der Waals surface area (Å²) < 4.78 is 45.9. The van der Waals surface area contributed by atoms with E-state index in [2.05, 4.69) is 4.72 Å². The summed E-state index contributed by atoms with van der Waals surface area (Å²) in [6.07, 6.45) is 0. The lowest BCUT2D eigenvalue weighted by Gasteiger charge is -2.18. The lowest BCUT2D eigenvalue weighted by atomic mass is 10.1. The second-order valence-corrected chi connectivity index (χ2v) is 6.49. The molecular formula is C16H18FNO3S. The summed E-state index contributed by atoms with van der Waals surface area (Å²) in [4.78, 5) is -0.103. The van der Waals surface area contributed by atoms with E-state index < -0.39 is 21.9 Å². The molecule has 0 saturated carbocycles. The number of halogens is 1.